The van der Waals surface area contributed by atoms with E-state index in [0.29, 0.717) is 24.5 Å². The van der Waals surface area contributed by atoms with Crippen LogP contribution in [0.5, 0.6) is 0 Å². The van der Waals surface area contributed by atoms with Crippen molar-refractivity contribution >= 4 is 0 Å². The highest BCUT2D eigenvalue weighted by atomic mass is 16.3. The maximum atomic E-state index is 9.52. The summed E-state index contributed by atoms with van der Waals surface area (Å²) in [7, 11) is 0. The maximum Gasteiger partial charge on any atom is 0.0462 e. The van der Waals surface area contributed by atoms with Crippen LogP contribution in [0.25, 0.3) is 0 Å². The zero-order valence-electron chi connectivity index (χ0n) is 13.9. The number of nitrogens with zero attached hydrogens (tertiary/aromatic N) is 1. The first-order chi connectivity index (χ1) is 10.0. The summed E-state index contributed by atoms with van der Waals surface area (Å²) < 4.78 is 0. The molecule has 0 saturated heterocycles. The van der Waals surface area contributed by atoms with Crippen LogP contribution < -0.4 is 5.32 Å². The van der Waals surface area contributed by atoms with E-state index >= 15 is 0 Å². The monoisotopic (exact) mass is 290 g/mol. The van der Waals surface area contributed by atoms with Crippen molar-refractivity contribution in [3.8, 4) is 0 Å². The van der Waals surface area contributed by atoms with Gasteiger partial charge in [-0.1, -0.05) is 12.8 Å². The van der Waals surface area contributed by atoms with E-state index in [-0.39, 0.29) is 0 Å². The molecule has 0 spiro atoms. The maximum absolute atomic E-state index is 9.52. The second-order valence-electron chi connectivity index (χ2n) is 6.70. The van der Waals surface area contributed by atoms with Crippen LogP contribution >= 0.6 is 0 Å². The van der Waals surface area contributed by atoms with E-state index in [0.717, 1.165) is 17.9 Å². The average Bonchev–Trinajstić information content (AvgIpc) is 2.44. The topological polar surface area (TPSA) is 45.1 Å². The van der Waals surface area contributed by atoms with Gasteiger partial charge in [0.25, 0.3) is 0 Å². The number of aryl methyl sites for hydroxylation is 3. The van der Waals surface area contributed by atoms with Crippen LogP contribution in [-0.4, -0.2) is 23.2 Å². The van der Waals surface area contributed by atoms with Crippen LogP contribution in [-0.2, 0) is 0 Å². The summed E-state index contributed by atoms with van der Waals surface area (Å²) in [6, 6.07) is 2.48. The average molecular weight is 290 g/mol. The summed E-state index contributed by atoms with van der Waals surface area (Å²) in [5.41, 5.74) is 4.88. The van der Waals surface area contributed by atoms with Gasteiger partial charge < -0.3 is 10.4 Å². The molecule has 0 amide bonds. The quantitative estimate of drug-likeness (QED) is 0.873. The molecular formula is C18H30N2O. The number of pyridine rings is 1. The number of hydrogen-bond donors (Lipinski definition) is 2. The zero-order chi connectivity index (χ0) is 15.4. The fraction of sp³-hybridized carbons (Fsp3) is 0.722. The van der Waals surface area contributed by atoms with Crippen molar-refractivity contribution in [2.45, 2.75) is 59.4 Å². The van der Waals surface area contributed by atoms with Crippen LogP contribution in [0.3, 0.4) is 0 Å². The molecule has 1 saturated carbocycles. The minimum Gasteiger partial charge on any atom is -0.396 e. The van der Waals surface area contributed by atoms with E-state index in [2.05, 4.69) is 44.1 Å². The Hall–Kier alpha value is -0.930. The number of rotatable bonds is 5. The Kier molecular flexibility index (Phi) is 5.77. The summed E-state index contributed by atoms with van der Waals surface area (Å²) in [4.78, 5) is 4.60. The van der Waals surface area contributed by atoms with Crippen molar-refractivity contribution in [2.24, 2.45) is 11.8 Å². The van der Waals surface area contributed by atoms with E-state index in [9.17, 15) is 5.11 Å². The van der Waals surface area contributed by atoms with Gasteiger partial charge in [0, 0.05) is 24.0 Å². The first-order valence-electron chi connectivity index (χ1n) is 8.32. The summed E-state index contributed by atoms with van der Waals surface area (Å²) in [6.45, 7) is 9.89. The van der Waals surface area contributed by atoms with E-state index in [1.54, 1.807) is 0 Å². The van der Waals surface area contributed by atoms with Crippen molar-refractivity contribution in [3.05, 3.63) is 28.6 Å². The van der Waals surface area contributed by atoms with E-state index in [1.165, 1.54) is 36.8 Å². The summed E-state index contributed by atoms with van der Waals surface area (Å²) in [5, 5.41) is 13.2. The molecule has 1 heterocycles. The van der Waals surface area contributed by atoms with Gasteiger partial charge in [-0.3, -0.25) is 4.98 Å². The van der Waals surface area contributed by atoms with Crippen molar-refractivity contribution in [2.75, 3.05) is 13.2 Å². The number of aliphatic hydroxyl groups is 1. The van der Waals surface area contributed by atoms with Crippen LogP contribution in [0.15, 0.2) is 6.07 Å². The van der Waals surface area contributed by atoms with Crippen LogP contribution in [0.2, 0.25) is 0 Å². The molecule has 1 aliphatic carbocycles. The Morgan fingerprint density at radius 2 is 1.90 bits per heavy atom. The van der Waals surface area contributed by atoms with Crippen molar-refractivity contribution < 1.29 is 5.11 Å². The van der Waals surface area contributed by atoms with Gasteiger partial charge >= 0.3 is 0 Å². The largest absolute Gasteiger partial charge is 0.396 e. The molecule has 2 N–H and O–H groups in total. The molecule has 1 aromatic heterocycles. The van der Waals surface area contributed by atoms with Gasteiger partial charge in [-0.2, -0.15) is 0 Å². The lowest BCUT2D eigenvalue weighted by Crippen LogP contribution is -2.34. The Balaban J connectivity index is 2.00. The van der Waals surface area contributed by atoms with Gasteiger partial charge in [0.1, 0.15) is 0 Å². The molecular weight excluding hydrogens is 260 g/mol. The number of nitrogens with one attached hydrogen (secondary N) is 1. The first kappa shape index (κ1) is 16.4. The van der Waals surface area contributed by atoms with Gasteiger partial charge in [0.05, 0.1) is 0 Å². The molecule has 2 rings (SSSR count). The highest BCUT2D eigenvalue weighted by molar-refractivity contribution is 5.33. The molecule has 0 radical (unpaired) electrons. The van der Waals surface area contributed by atoms with E-state index in [4.69, 9.17) is 0 Å². The summed E-state index contributed by atoms with van der Waals surface area (Å²) >= 11 is 0. The number of aliphatic hydroxyl groups excluding tert-OH is 1. The number of hydrogen-bond acceptors (Lipinski definition) is 3. The van der Waals surface area contributed by atoms with E-state index in [1.807, 2.05) is 0 Å². The summed E-state index contributed by atoms with van der Waals surface area (Å²) in [6.07, 6.45) is 5.01. The lowest BCUT2D eigenvalue weighted by Gasteiger charge is -2.31. The van der Waals surface area contributed by atoms with Crippen LogP contribution in [0, 0.1) is 32.6 Å². The Labute approximate surface area is 129 Å². The standard InChI is InChI=1S/C18H30N2O/c1-12-9-13(2)20-15(4)18(12)14(3)19-10-16-7-5-6-8-17(16)11-21/h9,14,16-17,19,21H,5-8,10-11H2,1-4H3. The second kappa shape index (κ2) is 7.37. The lowest BCUT2D eigenvalue weighted by atomic mass is 9.79. The molecule has 1 aromatic rings. The third kappa shape index (κ3) is 4.04. The van der Waals surface area contributed by atoms with E-state index < -0.39 is 0 Å². The predicted molar refractivity (Wildman–Crippen MR) is 87.4 cm³/mol. The molecule has 3 unspecified atom stereocenters. The number of aromatic nitrogens is 1. The SMILES string of the molecule is Cc1cc(C)c(C(C)NCC2CCCCC2CO)c(C)n1. The predicted octanol–water partition coefficient (Wildman–Crippen LogP) is 3.46. The van der Waals surface area contributed by atoms with Gasteiger partial charge in [-0.25, -0.2) is 0 Å². The normalized spacial score (nSPS) is 24.0. The molecule has 1 fully saturated rings. The van der Waals surface area contributed by atoms with Gasteiger partial charge in [0.15, 0.2) is 0 Å². The summed E-state index contributed by atoms with van der Waals surface area (Å²) in [5.74, 6) is 1.10. The van der Waals surface area contributed by atoms with Gasteiger partial charge in [0.2, 0.25) is 0 Å². The highest BCUT2D eigenvalue weighted by Crippen LogP contribution is 2.30. The minimum atomic E-state index is 0.319. The van der Waals surface area contributed by atoms with Gasteiger partial charge in [-0.15, -0.1) is 0 Å². The zero-order valence-corrected chi connectivity index (χ0v) is 13.9. The van der Waals surface area contributed by atoms with Crippen molar-refractivity contribution in [1.29, 1.82) is 0 Å². The molecule has 3 heteroatoms. The molecule has 3 atom stereocenters. The molecule has 0 bridgehead atoms. The molecule has 0 aromatic carbocycles. The first-order valence-corrected chi connectivity index (χ1v) is 8.32. The molecule has 21 heavy (non-hydrogen) atoms. The fourth-order valence-corrected chi connectivity index (χ4v) is 3.91. The van der Waals surface area contributed by atoms with Crippen LogP contribution in [0.1, 0.15) is 61.2 Å². The van der Waals surface area contributed by atoms with Crippen LogP contribution in [0.4, 0.5) is 0 Å². The fourth-order valence-electron chi connectivity index (χ4n) is 3.91. The minimum absolute atomic E-state index is 0.319. The Bertz CT molecular complexity index is 449. The Morgan fingerprint density at radius 1 is 1.24 bits per heavy atom. The highest BCUT2D eigenvalue weighted by Gasteiger charge is 2.25. The second-order valence-corrected chi connectivity index (χ2v) is 6.70. The smallest absolute Gasteiger partial charge is 0.0462 e. The third-order valence-electron chi connectivity index (χ3n) is 5.00. The Morgan fingerprint density at radius 3 is 2.52 bits per heavy atom. The lowest BCUT2D eigenvalue weighted by molar-refractivity contribution is 0.131. The molecule has 118 valence electrons. The molecule has 3 nitrogen and oxygen atoms in total. The van der Waals surface area contributed by atoms with Crippen molar-refractivity contribution in [1.82, 2.24) is 10.3 Å². The molecule has 0 aliphatic heterocycles. The van der Waals surface area contributed by atoms with Crippen molar-refractivity contribution in [3.63, 3.8) is 0 Å². The molecule has 1 aliphatic rings. The van der Waals surface area contributed by atoms with Gasteiger partial charge in [-0.05, 0) is 76.1 Å². The third-order valence-corrected chi connectivity index (χ3v) is 5.00.